The van der Waals surface area contributed by atoms with Gasteiger partial charge in [-0.25, -0.2) is 9.97 Å². The number of hydrogen-bond acceptors (Lipinski definition) is 5. The lowest BCUT2D eigenvalue weighted by Gasteiger charge is -2.10. The third-order valence-electron chi connectivity index (χ3n) is 5.11. The fourth-order valence-electron chi connectivity index (χ4n) is 3.74. The van der Waals surface area contributed by atoms with Gasteiger partial charge in [0.1, 0.15) is 24.3 Å². The predicted molar refractivity (Wildman–Crippen MR) is 115 cm³/mol. The van der Waals surface area contributed by atoms with Gasteiger partial charge in [0.15, 0.2) is 0 Å². The van der Waals surface area contributed by atoms with E-state index in [4.69, 9.17) is 10.5 Å². The number of aryl methyl sites for hydroxylation is 1. The summed E-state index contributed by atoms with van der Waals surface area (Å²) in [4.78, 5) is 21.1. The quantitative estimate of drug-likeness (QED) is 0.389. The molecule has 0 fully saturated rings. The summed E-state index contributed by atoms with van der Waals surface area (Å²) < 4.78 is 7.27. The molecule has 2 heterocycles. The summed E-state index contributed by atoms with van der Waals surface area (Å²) in [5.74, 6) is 0.128. The molecule has 6 heteroatoms. The molecule has 0 saturated heterocycles. The van der Waals surface area contributed by atoms with Crippen LogP contribution in [-0.2, 0) is 16.1 Å². The number of nitrogens with zero attached hydrogens (tertiary/aromatic N) is 3. The lowest BCUT2D eigenvalue weighted by atomic mass is 10.00. The van der Waals surface area contributed by atoms with Crippen LogP contribution >= 0.6 is 0 Å². The number of carbonyl (C=O) groups is 1. The monoisotopic (exact) mass is 388 g/mol. The molecule has 148 valence electrons. The van der Waals surface area contributed by atoms with E-state index in [9.17, 15) is 4.79 Å². The smallest absolute Gasteiger partial charge is 0.326 e. The Labute approximate surface area is 169 Å². The number of rotatable bonds is 6. The van der Waals surface area contributed by atoms with Crippen LogP contribution in [0.3, 0.4) is 0 Å². The highest BCUT2D eigenvalue weighted by molar-refractivity contribution is 6.13. The number of unbranched alkanes of at least 4 members (excludes halogenated alkanes) is 1. The first kappa shape index (κ1) is 18.9. The standard InChI is InChI=1S/C23H24N4O2/c1-3-4-10-29-19(28)13-27-21-15(2)11-17(16-8-6-5-7-9-16)12-18(21)20-22(24)25-14-26-23(20)27/h5-9,11-12,14H,3-4,10,13H2,1-2H3,(H2,24,25,26). The van der Waals surface area contributed by atoms with Crippen LogP contribution in [0, 0.1) is 6.92 Å². The largest absolute Gasteiger partial charge is 0.464 e. The Morgan fingerprint density at radius 2 is 1.93 bits per heavy atom. The molecule has 0 bridgehead atoms. The first-order chi connectivity index (χ1) is 14.1. The van der Waals surface area contributed by atoms with E-state index >= 15 is 0 Å². The molecular weight excluding hydrogens is 364 g/mol. The normalized spacial score (nSPS) is 11.2. The first-order valence-electron chi connectivity index (χ1n) is 9.84. The Hall–Kier alpha value is -3.41. The lowest BCUT2D eigenvalue weighted by molar-refractivity contribution is -0.144. The van der Waals surface area contributed by atoms with Gasteiger partial charge in [-0.15, -0.1) is 0 Å². The number of carbonyl (C=O) groups excluding carboxylic acids is 1. The maximum atomic E-state index is 12.4. The molecule has 4 rings (SSSR count). The summed E-state index contributed by atoms with van der Waals surface area (Å²) in [5.41, 5.74) is 11.0. The minimum absolute atomic E-state index is 0.0890. The van der Waals surface area contributed by atoms with Crippen LogP contribution < -0.4 is 5.73 Å². The number of benzene rings is 2. The van der Waals surface area contributed by atoms with Gasteiger partial charge in [-0.3, -0.25) is 4.79 Å². The van der Waals surface area contributed by atoms with Crippen molar-refractivity contribution in [2.45, 2.75) is 33.2 Å². The van der Waals surface area contributed by atoms with Crippen molar-refractivity contribution in [3.63, 3.8) is 0 Å². The number of esters is 1. The summed E-state index contributed by atoms with van der Waals surface area (Å²) in [5, 5.41) is 1.71. The second kappa shape index (κ2) is 7.91. The molecule has 0 aliphatic rings. The molecule has 0 spiro atoms. The third-order valence-corrected chi connectivity index (χ3v) is 5.11. The minimum atomic E-state index is -0.277. The maximum absolute atomic E-state index is 12.4. The fraction of sp³-hybridized carbons (Fsp3) is 0.261. The molecule has 0 aliphatic heterocycles. The van der Waals surface area contributed by atoms with Crippen LogP contribution in [0.1, 0.15) is 25.3 Å². The van der Waals surface area contributed by atoms with E-state index in [2.05, 4.69) is 41.2 Å². The Balaban J connectivity index is 1.89. The number of aromatic nitrogens is 3. The van der Waals surface area contributed by atoms with Crippen molar-refractivity contribution in [3.05, 3.63) is 54.4 Å². The van der Waals surface area contributed by atoms with E-state index in [1.165, 1.54) is 6.33 Å². The van der Waals surface area contributed by atoms with Crippen LogP contribution in [0.5, 0.6) is 0 Å². The molecule has 0 aliphatic carbocycles. The highest BCUT2D eigenvalue weighted by Crippen LogP contribution is 2.36. The number of nitrogen functional groups attached to an aromatic ring is 1. The van der Waals surface area contributed by atoms with Crippen molar-refractivity contribution < 1.29 is 9.53 Å². The first-order valence-corrected chi connectivity index (χ1v) is 9.84. The van der Waals surface area contributed by atoms with Gasteiger partial charge in [-0.2, -0.15) is 0 Å². The van der Waals surface area contributed by atoms with Crippen molar-refractivity contribution in [1.82, 2.24) is 14.5 Å². The Morgan fingerprint density at radius 3 is 2.69 bits per heavy atom. The number of hydrogen-bond donors (Lipinski definition) is 1. The van der Waals surface area contributed by atoms with Crippen LogP contribution in [0.2, 0.25) is 0 Å². The summed E-state index contributed by atoms with van der Waals surface area (Å²) >= 11 is 0. The van der Waals surface area contributed by atoms with Gasteiger partial charge in [0.2, 0.25) is 0 Å². The molecule has 0 radical (unpaired) electrons. The SMILES string of the molecule is CCCCOC(=O)Cn1c2ncnc(N)c2c2cc(-c3ccccc3)cc(C)c21. The van der Waals surface area contributed by atoms with Crippen LogP contribution in [0.25, 0.3) is 33.1 Å². The Bertz CT molecular complexity index is 1180. The molecule has 0 amide bonds. The zero-order valence-corrected chi connectivity index (χ0v) is 16.7. The lowest BCUT2D eigenvalue weighted by Crippen LogP contribution is -2.15. The number of nitrogens with two attached hydrogens (primary N) is 1. The molecule has 0 atom stereocenters. The molecule has 2 aromatic heterocycles. The van der Waals surface area contributed by atoms with Crippen LogP contribution in [0.15, 0.2) is 48.8 Å². The fourth-order valence-corrected chi connectivity index (χ4v) is 3.74. The highest BCUT2D eigenvalue weighted by atomic mass is 16.5. The zero-order valence-electron chi connectivity index (χ0n) is 16.7. The van der Waals surface area contributed by atoms with Crippen molar-refractivity contribution >= 4 is 33.7 Å². The van der Waals surface area contributed by atoms with Gasteiger partial charge in [0, 0.05) is 5.39 Å². The van der Waals surface area contributed by atoms with Crippen molar-refractivity contribution in [2.75, 3.05) is 12.3 Å². The summed E-state index contributed by atoms with van der Waals surface area (Å²) in [6.07, 6.45) is 3.27. The summed E-state index contributed by atoms with van der Waals surface area (Å²) in [6, 6.07) is 14.4. The van der Waals surface area contributed by atoms with E-state index in [0.717, 1.165) is 45.8 Å². The third kappa shape index (κ3) is 3.53. The Kier molecular flexibility index (Phi) is 5.16. The van der Waals surface area contributed by atoms with E-state index < -0.39 is 0 Å². The molecule has 0 saturated carbocycles. The van der Waals surface area contributed by atoms with E-state index in [1.54, 1.807) is 0 Å². The second-order valence-electron chi connectivity index (χ2n) is 7.17. The van der Waals surface area contributed by atoms with Gasteiger partial charge in [-0.05, 0) is 42.2 Å². The molecule has 2 aromatic carbocycles. The minimum Gasteiger partial charge on any atom is -0.464 e. The van der Waals surface area contributed by atoms with Gasteiger partial charge < -0.3 is 15.0 Å². The molecular formula is C23H24N4O2. The van der Waals surface area contributed by atoms with Crippen LogP contribution in [-0.4, -0.2) is 27.1 Å². The van der Waals surface area contributed by atoms with E-state index in [-0.39, 0.29) is 12.5 Å². The average molecular weight is 388 g/mol. The molecule has 29 heavy (non-hydrogen) atoms. The molecule has 2 N–H and O–H groups in total. The summed E-state index contributed by atoms with van der Waals surface area (Å²) in [6.45, 7) is 4.62. The van der Waals surface area contributed by atoms with Crippen LogP contribution in [0.4, 0.5) is 5.82 Å². The maximum Gasteiger partial charge on any atom is 0.326 e. The molecule has 6 nitrogen and oxygen atoms in total. The summed E-state index contributed by atoms with van der Waals surface area (Å²) in [7, 11) is 0. The van der Waals surface area contributed by atoms with Gasteiger partial charge in [0.05, 0.1) is 17.5 Å². The molecule has 0 unspecified atom stereocenters. The number of ether oxygens (including phenoxy) is 1. The van der Waals surface area contributed by atoms with Crippen molar-refractivity contribution in [3.8, 4) is 11.1 Å². The van der Waals surface area contributed by atoms with Crippen molar-refractivity contribution in [1.29, 1.82) is 0 Å². The average Bonchev–Trinajstić information content (AvgIpc) is 3.04. The van der Waals surface area contributed by atoms with Crippen molar-refractivity contribution in [2.24, 2.45) is 0 Å². The second-order valence-corrected chi connectivity index (χ2v) is 7.17. The number of anilines is 1. The van der Waals surface area contributed by atoms with E-state index in [0.29, 0.717) is 18.1 Å². The predicted octanol–water partition coefficient (Wildman–Crippen LogP) is 4.49. The zero-order chi connectivity index (χ0) is 20.4. The van der Waals surface area contributed by atoms with Gasteiger partial charge in [-0.1, -0.05) is 43.7 Å². The van der Waals surface area contributed by atoms with Gasteiger partial charge in [0.25, 0.3) is 0 Å². The Morgan fingerprint density at radius 1 is 1.14 bits per heavy atom. The van der Waals surface area contributed by atoms with Gasteiger partial charge >= 0.3 is 5.97 Å². The van der Waals surface area contributed by atoms with E-state index in [1.807, 2.05) is 29.7 Å². The topological polar surface area (TPSA) is 83.0 Å². The highest BCUT2D eigenvalue weighted by Gasteiger charge is 2.20. The number of fused-ring (bicyclic) bond motifs is 3. The molecule has 4 aromatic rings.